The zero-order valence-corrected chi connectivity index (χ0v) is 8.04. The lowest BCUT2D eigenvalue weighted by Gasteiger charge is -2.23. The molecule has 0 aliphatic carbocycles. The summed E-state index contributed by atoms with van der Waals surface area (Å²) in [7, 11) is 0. The van der Waals surface area contributed by atoms with Gasteiger partial charge >= 0.3 is 6.09 Å². The summed E-state index contributed by atoms with van der Waals surface area (Å²) in [6.45, 7) is 7.70. The second-order valence-electron chi connectivity index (χ2n) is 3.58. The van der Waals surface area contributed by atoms with Crippen molar-refractivity contribution >= 4 is 6.09 Å². The summed E-state index contributed by atoms with van der Waals surface area (Å²) >= 11 is 0. The first kappa shape index (κ1) is 9.36. The third kappa shape index (κ3) is 1.71. The predicted octanol–water partition coefficient (Wildman–Crippen LogP) is 1.87. The molecule has 0 N–H and O–H groups in total. The maximum Gasteiger partial charge on any atom is 0.410 e. The Kier molecular flexibility index (Phi) is 2.95. The van der Waals surface area contributed by atoms with E-state index in [-0.39, 0.29) is 12.1 Å². The SMILES string of the molecule is CCCN1C(=O)OC[C@@H]1C(C)C. The van der Waals surface area contributed by atoms with Gasteiger partial charge in [-0.1, -0.05) is 20.8 Å². The quantitative estimate of drug-likeness (QED) is 0.648. The van der Waals surface area contributed by atoms with Crippen molar-refractivity contribution < 1.29 is 9.53 Å². The Morgan fingerprint density at radius 2 is 2.33 bits per heavy atom. The topological polar surface area (TPSA) is 29.5 Å². The third-order valence-corrected chi connectivity index (χ3v) is 2.25. The molecule has 1 heterocycles. The van der Waals surface area contributed by atoms with Crippen molar-refractivity contribution in [2.24, 2.45) is 5.92 Å². The van der Waals surface area contributed by atoms with Crippen LogP contribution in [-0.2, 0) is 4.74 Å². The molecule has 0 radical (unpaired) electrons. The highest BCUT2D eigenvalue weighted by atomic mass is 16.6. The van der Waals surface area contributed by atoms with E-state index in [1.54, 1.807) is 0 Å². The maximum absolute atomic E-state index is 11.2. The molecule has 0 bridgehead atoms. The minimum absolute atomic E-state index is 0.143. The second kappa shape index (κ2) is 3.78. The fourth-order valence-electron chi connectivity index (χ4n) is 1.52. The van der Waals surface area contributed by atoms with Crippen molar-refractivity contribution in [1.29, 1.82) is 0 Å². The van der Waals surface area contributed by atoms with Crippen LogP contribution >= 0.6 is 0 Å². The standard InChI is InChI=1S/C9H17NO2/c1-4-5-10-8(7(2)3)6-12-9(10)11/h7-8H,4-6H2,1-3H3/t8-/m1/s1. The van der Waals surface area contributed by atoms with Gasteiger partial charge in [-0.15, -0.1) is 0 Å². The number of hydrogen-bond donors (Lipinski definition) is 0. The smallest absolute Gasteiger partial charge is 0.410 e. The molecule has 0 saturated carbocycles. The predicted molar refractivity (Wildman–Crippen MR) is 47.0 cm³/mol. The monoisotopic (exact) mass is 171 g/mol. The maximum atomic E-state index is 11.2. The third-order valence-electron chi connectivity index (χ3n) is 2.25. The molecular formula is C9H17NO2. The number of nitrogens with zero attached hydrogens (tertiary/aromatic N) is 1. The van der Waals surface area contributed by atoms with Crippen molar-refractivity contribution in [3.63, 3.8) is 0 Å². The van der Waals surface area contributed by atoms with E-state index in [0.717, 1.165) is 13.0 Å². The van der Waals surface area contributed by atoms with Crippen LogP contribution in [0.15, 0.2) is 0 Å². The molecule has 1 atom stereocenters. The Balaban J connectivity index is 2.57. The van der Waals surface area contributed by atoms with Crippen LogP contribution in [0, 0.1) is 5.92 Å². The molecule has 12 heavy (non-hydrogen) atoms. The zero-order chi connectivity index (χ0) is 9.14. The Labute approximate surface area is 73.7 Å². The number of carbonyl (C=O) groups excluding carboxylic acids is 1. The van der Waals surface area contributed by atoms with Gasteiger partial charge in [0.05, 0.1) is 6.04 Å². The van der Waals surface area contributed by atoms with Gasteiger partial charge in [-0.2, -0.15) is 0 Å². The molecule has 0 aromatic rings. The van der Waals surface area contributed by atoms with Crippen LogP contribution in [0.5, 0.6) is 0 Å². The van der Waals surface area contributed by atoms with Gasteiger partial charge < -0.3 is 9.64 Å². The van der Waals surface area contributed by atoms with Gasteiger partial charge in [-0.3, -0.25) is 0 Å². The Morgan fingerprint density at radius 1 is 1.67 bits per heavy atom. The number of carbonyl (C=O) groups is 1. The zero-order valence-electron chi connectivity index (χ0n) is 8.04. The van der Waals surface area contributed by atoms with Crippen molar-refractivity contribution in [2.45, 2.75) is 33.2 Å². The largest absolute Gasteiger partial charge is 0.447 e. The lowest BCUT2D eigenvalue weighted by molar-refractivity contribution is 0.156. The normalized spacial score (nSPS) is 23.5. The molecule has 0 aromatic heterocycles. The lowest BCUT2D eigenvalue weighted by Crippen LogP contribution is -2.37. The minimum Gasteiger partial charge on any atom is -0.447 e. The molecule has 1 rings (SSSR count). The fraction of sp³-hybridized carbons (Fsp3) is 0.889. The van der Waals surface area contributed by atoms with E-state index < -0.39 is 0 Å². The van der Waals surface area contributed by atoms with Crippen LogP contribution < -0.4 is 0 Å². The Hall–Kier alpha value is -0.730. The average molecular weight is 171 g/mol. The van der Waals surface area contributed by atoms with Crippen molar-refractivity contribution in [3.05, 3.63) is 0 Å². The fourth-order valence-corrected chi connectivity index (χ4v) is 1.52. The van der Waals surface area contributed by atoms with Gasteiger partial charge in [0.1, 0.15) is 6.61 Å². The van der Waals surface area contributed by atoms with Gasteiger partial charge in [-0.05, 0) is 12.3 Å². The number of cyclic esters (lactones) is 1. The highest BCUT2D eigenvalue weighted by Crippen LogP contribution is 2.19. The van der Waals surface area contributed by atoms with E-state index in [9.17, 15) is 4.79 Å². The summed E-state index contributed by atoms with van der Waals surface area (Å²) in [5.41, 5.74) is 0. The number of ether oxygens (including phenoxy) is 1. The van der Waals surface area contributed by atoms with Crippen molar-refractivity contribution in [2.75, 3.05) is 13.2 Å². The van der Waals surface area contributed by atoms with Crippen LogP contribution in [0.4, 0.5) is 4.79 Å². The summed E-state index contributed by atoms with van der Waals surface area (Å²) in [6, 6.07) is 0.289. The van der Waals surface area contributed by atoms with E-state index in [1.807, 2.05) is 4.90 Å². The van der Waals surface area contributed by atoms with Crippen LogP contribution in [0.1, 0.15) is 27.2 Å². The van der Waals surface area contributed by atoms with Crippen LogP contribution in [0.2, 0.25) is 0 Å². The summed E-state index contributed by atoms with van der Waals surface area (Å²) in [6.07, 6.45) is 0.855. The molecule has 1 amide bonds. The van der Waals surface area contributed by atoms with Gasteiger partial charge in [-0.25, -0.2) is 4.79 Å². The van der Waals surface area contributed by atoms with Crippen LogP contribution in [0.25, 0.3) is 0 Å². The van der Waals surface area contributed by atoms with E-state index in [0.29, 0.717) is 12.5 Å². The summed E-state index contributed by atoms with van der Waals surface area (Å²) in [4.78, 5) is 13.0. The van der Waals surface area contributed by atoms with E-state index >= 15 is 0 Å². The molecule has 0 spiro atoms. The van der Waals surface area contributed by atoms with E-state index in [1.165, 1.54) is 0 Å². The highest BCUT2D eigenvalue weighted by molar-refractivity contribution is 5.70. The van der Waals surface area contributed by atoms with Gasteiger partial charge in [0.2, 0.25) is 0 Å². The first-order valence-corrected chi connectivity index (χ1v) is 4.60. The molecule has 1 aliphatic rings. The number of amides is 1. The molecule has 1 fully saturated rings. The summed E-state index contributed by atoms with van der Waals surface area (Å²) in [5, 5.41) is 0. The number of rotatable bonds is 3. The highest BCUT2D eigenvalue weighted by Gasteiger charge is 2.33. The van der Waals surface area contributed by atoms with Gasteiger partial charge in [0.25, 0.3) is 0 Å². The molecule has 3 nitrogen and oxygen atoms in total. The molecule has 70 valence electrons. The average Bonchev–Trinajstić information content (AvgIpc) is 2.34. The van der Waals surface area contributed by atoms with Crippen molar-refractivity contribution in [1.82, 2.24) is 4.90 Å². The molecule has 0 unspecified atom stereocenters. The van der Waals surface area contributed by atoms with E-state index in [2.05, 4.69) is 20.8 Å². The van der Waals surface area contributed by atoms with E-state index in [4.69, 9.17) is 4.74 Å². The first-order chi connectivity index (χ1) is 5.66. The molecular weight excluding hydrogens is 154 g/mol. The van der Waals surface area contributed by atoms with Gasteiger partial charge in [0, 0.05) is 6.54 Å². The van der Waals surface area contributed by atoms with Crippen LogP contribution in [0.3, 0.4) is 0 Å². The molecule has 3 heteroatoms. The molecule has 0 aromatic carbocycles. The Bertz CT molecular complexity index is 168. The second-order valence-corrected chi connectivity index (χ2v) is 3.58. The number of hydrogen-bond acceptors (Lipinski definition) is 2. The minimum atomic E-state index is -0.143. The summed E-state index contributed by atoms with van der Waals surface area (Å²) < 4.78 is 4.98. The molecule has 1 saturated heterocycles. The van der Waals surface area contributed by atoms with Crippen LogP contribution in [-0.4, -0.2) is 30.2 Å². The summed E-state index contributed by atoms with van der Waals surface area (Å²) in [5.74, 6) is 0.489. The van der Waals surface area contributed by atoms with Gasteiger partial charge in [0.15, 0.2) is 0 Å². The first-order valence-electron chi connectivity index (χ1n) is 4.60. The lowest BCUT2D eigenvalue weighted by atomic mass is 10.0. The Morgan fingerprint density at radius 3 is 2.83 bits per heavy atom. The molecule has 1 aliphatic heterocycles. The van der Waals surface area contributed by atoms with Crippen molar-refractivity contribution in [3.8, 4) is 0 Å².